The Morgan fingerprint density at radius 3 is 2.10 bits per heavy atom. The summed E-state index contributed by atoms with van der Waals surface area (Å²) >= 11 is 3.60. The number of aromatic nitrogens is 1. The Bertz CT molecular complexity index is 1730. The molecule has 0 saturated carbocycles. The van der Waals surface area contributed by atoms with Crippen LogP contribution in [0.5, 0.6) is 0 Å². The van der Waals surface area contributed by atoms with Crippen LogP contribution in [0.2, 0.25) is 0 Å². The summed E-state index contributed by atoms with van der Waals surface area (Å²) in [7, 11) is 0. The van der Waals surface area contributed by atoms with Gasteiger partial charge in [-0.15, -0.1) is 0 Å². The number of fused-ring (bicyclic) bond motifs is 5. The molecule has 2 nitrogen and oxygen atoms in total. The SMILES string of the molecule is C=C/C=C(\C=C/C)N1c2ccccc2C(C)(C)c2cc3c(cc21)c1ccccc1n3-c1ccc(Br)cc1.CC.CC. The molecule has 4 aromatic carbocycles. The van der Waals surface area contributed by atoms with E-state index in [4.69, 9.17) is 0 Å². The van der Waals surface area contributed by atoms with Crippen molar-refractivity contribution < 1.29 is 0 Å². The quantitative estimate of drug-likeness (QED) is 0.185. The van der Waals surface area contributed by atoms with Crippen molar-refractivity contribution in [3.05, 3.63) is 137 Å². The van der Waals surface area contributed by atoms with E-state index in [9.17, 15) is 0 Å². The van der Waals surface area contributed by atoms with E-state index in [1.165, 1.54) is 44.3 Å². The Hall–Kier alpha value is -3.82. The van der Waals surface area contributed by atoms with Crippen molar-refractivity contribution in [2.75, 3.05) is 4.90 Å². The highest BCUT2D eigenvalue weighted by Gasteiger charge is 2.37. The zero-order valence-electron chi connectivity index (χ0n) is 25.4. The first-order valence-corrected chi connectivity index (χ1v) is 15.4. The van der Waals surface area contributed by atoms with Gasteiger partial charge in [0.05, 0.1) is 22.4 Å². The number of anilines is 2. The van der Waals surface area contributed by atoms with Crippen LogP contribution in [0.1, 0.15) is 59.6 Å². The lowest BCUT2D eigenvalue weighted by atomic mass is 9.73. The largest absolute Gasteiger partial charge is 0.310 e. The maximum absolute atomic E-state index is 4.01. The van der Waals surface area contributed by atoms with Crippen molar-refractivity contribution in [3.63, 3.8) is 0 Å². The van der Waals surface area contributed by atoms with Gasteiger partial charge in [-0.3, -0.25) is 0 Å². The average molecular weight is 606 g/mol. The van der Waals surface area contributed by atoms with Crippen LogP contribution in [0.15, 0.2) is 126 Å². The van der Waals surface area contributed by atoms with Gasteiger partial charge in [-0.1, -0.05) is 113 Å². The molecule has 0 amide bonds. The predicted molar refractivity (Wildman–Crippen MR) is 185 cm³/mol. The van der Waals surface area contributed by atoms with Crippen LogP contribution in [0.3, 0.4) is 0 Å². The second kappa shape index (κ2) is 12.8. The van der Waals surface area contributed by atoms with Gasteiger partial charge in [-0.2, -0.15) is 0 Å². The summed E-state index contributed by atoms with van der Waals surface area (Å²) in [4.78, 5) is 2.39. The zero-order valence-corrected chi connectivity index (χ0v) is 27.0. The molecule has 0 saturated heterocycles. The molecule has 0 N–H and O–H groups in total. The molecule has 0 radical (unpaired) electrons. The maximum atomic E-state index is 4.01. The van der Waals surface area contributed by atoms with Crippen LogP contribution in [0.4, 0.5) is 11.4 Å². The number of hydrogen-bond acceptors (Lipinski definition) is 1. The second-order valence-electron chi connectivity index (χ2n) is 10.0. The molecule has 1 aromatic heterocycles. The van der Waals surface area contributed by atoms with E-state index in [0.717, 1.165) is 15.9 Å². The number of nitrogens with zero attached hydrogens (tertiary/aromatic N) is 2. The van der Waals surface area contributed by atoms with E-state index in [-0.39, 0.29) is 5.41 Å². The first kappa shape index (κ1) is 30.1. The minimum Gasteiger partial charge on any atom is -0.310 e. The third-order valence-electron chi connectivity index (χ3n) is 7.49. The molecule has 2 heterocycles. The molecule has 1 aliphatic rings. The van der Waals surface area contributed by atoms with E-state index in [1.807, 2.05) is 33.8 Å². The molecule has 0 unspecified atom stereocenters. The highest BCUT2D eigenvalue weighted by Crippen LogP contribution is 2.52. The smallest absolute Gasteiger partial charge is 0.0545 e. The lowest BCUT2D eigenvalue weighted by Gasteiger charge is -2.42. The lowest BCUT2D eigenvalue weighted by Crippen LogP contribution is -2.32. The summed E-state index contributed by atoms with van der Waals surface area (Å²) < 4.78 is 3.47. The number of allylic oxidation sites excluding steroid dienone is 4. The highest BCUT2D eigenvalue weighted by molar-refractivity contribution is 9.10. The number of para-hydroxylation sites is 2. The van der Waals surface area contributed by atoms with Crippen LogP contribution in [-0.2, 0) is 5.41 Å². The van der Waals surface area contributed by atoms with Crippen molar-refractivity contribution in [2.24, 2.45) is 0 Å². The summed E-state index contributed by atoms with van der Waals surface area (Å²) in [5.74, 6) is 0. The van der Waals surface area contributed by atoms with Gasteiger partial charge in [0.2, 0.25) is 0 Å². The number of halogens is 1. The fraction of sp³-hybridized carbons (Fsp3) is 0.211. The molecular weight excluding hydrogens is 564 g/mol. The Labute approximate surface area is 254 Å². The third-order valence-corrected chi connectivity index (χ3v) is 8.02. The molecule has 0 fully saturated rings. The standard InChI is InChI=1S/C34H29BrN2.2C2H6/c1-5-11-24(12-6-2)37-31-16-10-8-14-28(31)34(3,4)29-22-32-27(21-33(29)37)26-13-7-9-15-30(26)36(32)25-19-17-23(35)18-20-25;2*1-2/h5-22H,1H2,2-4H3;2*1-2H3/b12-6-,24-11+;;. The average Bonchev–Trinajstić information content (AvgIpc) is 3.33. The Morgan fingerprint density at radius 1 is 0.756 bits per heavy atom. The van der Waals surface area contributed by atoms with Gasteiger partial charge in [0.1, 0.15) is 0 Å². The summed E-state index contributed by atoms with van der Waals surface area (Å²) in [6.45, 7) is 18.8. The molecule has 6 rings (SSSR count). The molecular formula is C38H41BrN2. The van der Waals surface area contributed by atoms with Gasteiger partial charge < -0.3 is 9.47 Å². The monoisotopic (exact) mass is 604 g/mol. The third kappa shape index (κ3) is 5.20. The van der Waals surface area contributed by atoms with E-state index in [2.05, 4.69) is 156 Å². The van der Waals surface area contributed by atoms with E-state index in [0.29, 0.717) is 0 Å². The summed E-state index contributed by atoms with van der Waals surface area (Å²) in [5.41, 5.74) is 9.54. The fourth-order valence-corrected chi connectivity index (χ4v) is 6.07. The van der Waals surface area contributed by atoms with Crippen LogP contribution in [0, 0.1) is 0 Å². The van der Waals surface area contributed by atoms with Gasteiger partial charge in [-0.25, -0.2) is 0 Å². The highest BCUT2D eigenvalue weighted by atomic mass is 79.9. The van der Waals surface area contributed by atoms with Gasteiger partial charge in [-0.05, 0) is 78.7 Å². The molecule has 0 bridgehead atoms. The minimum absolute atomic E-state index is 0.174. The van der Waals surface area contributed by atoms with Crippen LogP contribution < -0.4 is 4.90 Å². The molecule has 0 aliphatic carbocycles. The summed E-state index contributed by atoms with van der Waals surface area (Å²) in [5, 5.41) is 2.50. The normalized spacial score (nSPS) is 13.7. The van der Waals surface area contributed by atoms with E-state index >= 15 is 0 Å². The molecule has 210 valence electrons. The van der Waals surface area contributed by atoms with Crippen molar-refractivity contribution >= 4 is 49.1 Å². The van der Waals surface area contributed by atoms with Crippen LogP contribution in [-0.4, -0.2) is 4.57 Å². The van der Waals surface area contributed by atoms with Crippen LogP contribution >= 0.6 is 15.9 Å². The Kier molecular flexibility index (Phi) is 9.40. The van der Waals surface area contributed by atoms with E-state index < -0.39 is 0 Å². The van der Waals surface area contributed by atoms with Crippen molar-refractivity contribution in [1.82, 2.24) is 4.57 Å². The number of benzene rings is 4. The number of hydrogen-bond donors (Lipinski definition) is 0. The first-order chi connectivity index (χ1) is 20.0. The van der Waals surface area contributed by atoms with Crippen molar-refractivity contribution in [1.29, 1.82) is 0 Å². The molecule has 41 heavy (non-hydrogen) atoms. The lowest BCUT2D eigenvalue weighted by molar-refractivity contribution is 0.631. The molecule has 0 spiro atoms. The molecule has 0 atom stereocenters. The van der Waals surface area contributed by atoms with Crippen molar-refractivity contribution in [3.8, 4) is 5.69 Å². The zero-order chi connectivity index (χ0) is 29.7. The Balaban J connectivity index is 0.000000929. The van der Waals surface area contributed by atoms with Crippen LogP contribution in [0.25, 0.3) is 27.5 Å². The summed E-state index contributed by atoms with van der Waals surface area (Å²) in [6.07, 6.45) is 8.22. The first-order valence-electron chi connectivity index (χ1n) is 14.6. The topological polar surface area (TPSA) is 8.17 Å². The second-order valence-corrected chi connectivity index (χ2v) is 10.9. The predicted octanol–water partition coefficient (Wildman–Crippen LogP) is 12.0. The molecule has 1 aliphatic heterocycles. The van der Waals surface area contributed by atoms with Gasteiger partial charge in [0.15, 0.2) is 0 Å². The fourth-order valence-electron chi connectivity index (χ4n) is 5.80. The number of rotatable bonds is 4. The van der Waals surface area contributed by atoms with Crippen molar-refractivity contribution in [2.45, 2.75) is 53.9 Å². The van der Waals surface area contributed by atoms with Gasteiger partial charge >= 0.3 is 0 Å². The van der Waals surface area contributed by atoms with E-state index in [1.54, 1.807) is 0 Å². The molecule has 5 aromatic rings. The maximum Gasteiger partial charge on any atom is 0.0545 e. The van der Waals surface area contributed by atoms with Gasteiger partial charge in [0, 0.05) is 32.0 Å². The minimum atomic E-state index is -0.174. The summed E-state index contributed by atoms with van der Waals surface area (Å²) in [6, 6.07) is 30.9. The molecule has 3 heteroatoms. The Morgan fingerprint density at radius 2 is 1.41 bits per heavy atom. The van der Waals surface area contributed by atoms with Gasteiger partial charge in [0.25, 0.3) is 0 Å².